The maximum atomic E-state index is 13.1. The van der Waals surface area contributed by atoms with Gasteiger partial charge in [-0.2, -0.15) is 0 Å². The van der Waals surface area contributed by atoms with Crippen molar-refractivity contribution in [2.75, 3.05) is 32.8 Å². The minimum Gasteiger partial charge on any atom is -0.483 e. The molecule has 1 spiro atoms. The Labute approximate surface area is 197 Å². The second-order valence-corrected chi connectivity index (χ2v) is 9.55. The number of carbonyl (C=O) groups excluding carboxylic acids is 5. The van der Waals surface area contributed by atoms with Crippen molar-refractivity contribution in [3.63, 3.8) is 0 Å². The number of hydrogen-bond acceptors (Lipinski definition) is 7. The number of carbonyl (C=O) groups is 5. The van der Waals surface area contributed by atoms with Crippen molar-refractivity contribution in [3.8, 4) is 5.75 Å². The molecule has 180 valence electrons. The van der Waals surface area contributed by atoms with Crippen LogP contribution >= 0.6 is 0 Å². The van der Waals surface area contributed by atoms with Gasteiger partial charge >= 0.3 is 0 Å². The first-order valence-electron chi connectivity index (χ1n) is 11.8. The lowest BCUT2D eigenvalue weighted by atomic mass is 9.71. The van der Waals surface area contributed by atoms with E-state index >= 15 is 0 Å². The Morgan fingerprint density at radius 3 is 2.47 bits per heavy atom. The van der Waals surface area contributed by atoms with E-state index in [9.17, 15) is 24.0 Å². The van der Waals surface area contributed by atoms with Crippen LogP contribution in [0.1, 0.15) is 59.2 Å². The number of nitrogens with zero attached hydrogens (tertiary/aromatic N) is 2. The van der Waals surface area contributed by atoms with Gasteiger partial charge in [-0.3, -0.25) is 34.2 Å². The Kier molecular flexibility index (Phi) is 5.85. The molecule has 2 N–H and O–H groups in total. The number of likely N-dealkylation sites (tertiary alicyclic amines) is 1. The van der Waals surface area contributed by atoms with E-state index in [1.54, 1.807) is 17.0 Å². The summed E-state index contributed by atoms with van der Waals surface area (Å²) in [6, 6.07) is 3.58. The monoisotopic (exact) mass is 468 g/mol. The van der Waals surface area contributed by atoms with Crippen LogP contribution in [0.5, 0.6) is 5.75 Å². The third-order valence-electron chi connectivity index (χ3n) is 7.62. The van der Waals surface area contributed by atoms with Gasteiger partial charge in [0, 0.05) is 19.5 Å². The van der Waals surface area contributed by atoms with Crippen LogP contribution in [0.3, 0.4) is 0 Å². The van der Waals surface area contributed by atoms with Gasteiger partial charge in [-0.15, -0.1) is 0 Å². The summed E-state index contributed by atoms with van der Waals surface area (Å²) < 4.78 is 5.74. The highest BCUT2D eigenvalue weighted by atomic mass is 16.5. The Morgan fingerprint density at radius 1 is 1.03 bits per heavy atom. The molecule has 3 fully saturated rings. The average Bonchev–Trinajstić information content (AvgIpc) is 3.09. The second-order valence-electron chi connectivity index (χ2n) is 9.55. The molecule has 0 aromatic heterocycles. The van der Waals surface area contributed by atoms with Crippen LogP contribution in [-0.4, -0.2) is 78.2 Å². The van der Waals surface area contributed by atoms with E-state index in [4.69, 9.17) is 4.74 Å². The molecule has 4 heterocycles. The number of nitrogens with one attached hydrogen (secondary N) is 2. The molecule has 4 aliphatic heterocycles. The molecule has 0 radical (unpaired) electrons. The number of imide groups is 2. The number of benzene rings is 1. The minimum absolute atomic E-state index is 0.0509. The molecule has 0 saturated carbocycles. The lowest BCUT2D eigenvalue weighted by Gasteiger charge is -2.44. The minimum atomic E-state index is -1.05. The standard InChI is InChI=1S/C24H28N4O6/c29-18-5-4-16(21(31)26-18)28-22(32)15-2-1-3-17(20(15)23(28)33)34-14-19(30)27-12-8-24(9-13-27)6-10-25-11-7-24/h1-3,16,25H,4-14H2,(H,26,29,31). The van der Waals surface area contributed by atoms with E-state index < -0.39 is 29.7 Å². The number of ether oxygens (including phenoxy) is 1. The normalized spacial score (nSPS) is 24.3. The average molecular weight is 469 g/mol. The van der Waals surface area contributed by atoms with Crippen molar-refractivity contribution in [1.29, 1.82) is 0 Å². The van der Waals surface area contributed by atoms with E-state index in [1.165, 1.54) is 6.07 Å². The lowest BCUT2D eigenvalue weighted by molar-refractivity contribution is -0.137. The zero-order valence-electron chi connectivity index (χ0n) is 18.9. The van der Waals surface area contributed by atoms with Crippen LogP contribution in [0.25, 0.3) is 0 Å². The molecule has 1 atom stereocenters. The molecular formula is C24H28N4O6. The first-order chi connectivity index (χ1) is 16.4. The van der Waals surface area contributed by atoms with Crippen molar-refractivity contribution in [3.05, 3.63) is 29.3 Å². The van der Waals surface area contributed by atoms with Gasteiger partial charge in [-0.05, 0) is 62.7 Å². The molecule has 0 aliphatic carbocycles. The Balaban J connectivity index is 1.25. The van der Waals surface area contributed by atoms with E-state index in [0.29, 0.717) is 18.5 Å². The van der Waals surface area contributed by atoms with Crippen molar-refractivity contribution in [1.82, 2.24) is 20.4 Å². The fraction of sp³-hybridized carbons (Fsp3) is 0.542. The van der Waals surface area contributed by atoms with Crippen LogP contribution < -0.4 is 15.4 Å². The second kappa shape index (κ2) is 8.83. The van der Waals surface area contributed by atoms with Crippen LogP contribution in [0.4, 0.5) is 0 Å². The van der Waals surface area contributed by atoms with Gasteiger partial charge in [-0.1, -0.05) is 6.07 Å². The molecule has 10 heteroatoms. The maximum Gasteiger partial charge on any atom is 0.266 e. The fourth-order valence-electron chi connectivity index (χ4n) is 5.52. The van der Waals surface area contributed by atoms with Gasteiger partial charge in [0.25, 0.3) is 17.7 Å². The molecule has 1 aromatic rings. The van der Waals surface area contributed by atoms with Crippen molar-refractivity contribution >= 4 is 29.5 Å². The number of hydrogen-bond donors (Lipinski definition) is 2. The Morgan fingerprint density at radius 2 is 1.76 bits per heavy atom. The van der Waals surface area contributed by atoms with E-state index in [1.807, 2.05) is 0 Å². The van der Waals surface area contributed by atoms with Crippen molar-refractivity contribution in [2.24, 2.45) is 5.41 Å². The highest BCUT2D eigenvalue weighted by molar-refractivity contribution is 6.24. The molecule has 5 rings (SSSR count). The van der Waals surface area contributed by atoms with Crippen LogP contribution in [0, 0.1) is 5.41 Å². The van der Waals surface area contributed by atoms with Gasteiger partial charge in [0.05, 0.1) is 11.1 Å². The van der Waals surface area contributed by atoms with Crippen LogP contribution in [0.15, 0.2) is 18.2 Å². The number of piperidine rings is 3. The largest absolute Gasteiger partial charge is 0.483 e. The first-order valence-corrected chi connectivity index (χ1v) is 11.8. The van der Waals surface area contributed by atoms with E-state index in [0.717, 1.165) is 43.7 Å². The van der Waals surface area contributed by atoms with Gasteiger partial charge in [0.2, 0.25) is 11.8 Å². The molecule has 4 aliphatic rings. The van der Waals surface area contributed by atoms with Crippen molar-refractivity contribution in [2.45, 2.75) is 44.6 Å². The zero-order chi connectivity index (χ0) is 23.9. The molecule has 1 unspecified atom stereocenters. The van der Waals surface area contributed by atoms with E-state index in [2.05, 4.69) is 10.6 Å². The molecule has 0 bridgehead atoms. The zero-order valence-corrected chi connectivity index (χ0v) is 18.9. The summed E-state index contributed by atoms with van der Waals surface area (Å²) in [5, 5.41) is 5.57. The van der Waals surface area contributed by atoms with Crippen molar-refractivity contribution < 1.29 is 28.7 Å². The summed E-state index contributed by atoms with van der Waals surface area (Å²) in [4.78, 5) is 65.3. The highest BCUT2D eigenvalue weighted by Crippen LogP contribution is 2.39. The summed E-state index contributed by atoms with van der Waals surface area (Å²) in [5.41, 5.74) is 0.512. The predicted octanol–water partition coefficient (Wildman–Crippen LogP) is 0.459. The quantitative estimate of drug-likeness (QED) is 0.615. The highest BCUT2D eigenvalue weighted by Gasteiger charge is 2.46. The summed E-state index contributed by atoms with van der Waals surface area (Å²) in [6.45, 7) is 3.20. The van der Waals surface area contributed by atoms with Crippen LogP contribution in [0.2, 0.25) is 0 Å². The Hall–Kier alpha value is -3.27. The van der Waals surface area contributed by atoms with Gasteiger partial charge in [0.1, 0.15) is 11.8 Å². The predicted molar refractivity (Wildman–Crippen MR) is 119 cm³/mol. The first kappa shape index (κ1) is 22.5. The summed E-state index contributed by atoms with van der Waals surface area (Å²) in [5.74, 6) is -2.35. The fourth-order valence-corrected chi connectivity index (χ4v) is 5.52. The Bertz CT molecular complexity index is 1050. The molecule has 10 nitrogen and oxygen atoms in total. The third kappa shape index (κ3) is 3.96. The van der Waals surface area contributed by atoms with Gasteiger partial charge in [0.15, 0.2) is 6.61 Å². The third-order valence-corrected chi connectivity index (χ3v) is 7.62. The molecule has 5 amide bonds. The van der Waals surface area contributed by atoms with Crippen LogP contribution in [-0.2, 0) is 14.4 Å². The molecular weight excluding hydrogens is 440 g/mol. The topological polar surface area (TPSA) is 125 Å². The summed E-state index contributed by atoms with van der Waals surface area (Å²) >= 11 is 0. The number of amides is 5. The summed E-state index contributed by atoms with van der Waals surface area (Å²) in [6.07, 6.45) is 4.37. The van der Waals surface area contributed by atoms with E-state index in [-0.39, 0.29) is 42.2 Å². The van der Waals surface area contributed by atoms with Gasteiger partial charge in [-0.25, -0.2) is 0 Å². The molecule has 34 heavy (non-hydrogen) atoms. The van der Waals surface area contributed by atoms with Gasteiger partial charge < -0.3 is 15.0 Å². The maximum absolute atomic E-state index is 13.1. The number of rotatable bonds is 4. The lowest BCUT2D eigenvalue weighted by Crippen LogP contribution is -2.54. The number of fused-ring (bicyclic) bond motifs is 1. The summed E-state index contributed by atoms with van der Waals surface area (Å²) in [7, 11) is 0. The SMILES string of the molecule is O=C1CCC(N2C(=O)c3cccc(OCC(=O)N4CCC5(CCNCC5)CC4)c3C2=O)C(=O)N1. The molecule has 1 aromatic carbocycles. The smallest absolute Gasteiger partial charge is 0.266 e. The molecule has 3 saturated heterocycles.